The van der Waals surface area contributed by atoms with Crippen molar-refractivity contribution in [2.75, 3.05) is 20.5 Å². The lowest BCUT2D eigenvalue weighted by atomic mass is 10.0. The number of nitrogens with one attached hydrogen (secondary N) is 3. The predicted octanol–water partition coefficient (Wildman–Crippen LogP) is 2.32. The third-order valence-electron chi connectivity index (χ3n) is 9.16. The first-order chi connectivity index (χ1) is 25.9. The summed E-state index contributed by atoms with van der Waals surface area (Å²) < 4.78 is 83.6. The molecule has 1 aliphatic carbocycles. The molecule has 1 saturated heterocycles. The lowest BCUT2D eigenvalue weighted by molar-refractivity contribution is -0.141. The van der Waals surface area contributed by atoms with Crippen LogP contribution in [0.15, 0.2) is 36.4 Å². The Morgan fingerprint density at radius 1 is 1.08 bits per heavy atom. The summed E-state index contributed by atoms with van der Waals surface area (Å²) in [7, 11) is -5.53. The number of carbonyl (C=O) groups excluding carboxylic acids is 5. The Morgan fingerprint density at radius 2 is 1.78 bits per heavy atom. The van der Waals surface area contributed by atoms with Gasteiger partial charge >= 0.3 is 22.4 Å². The summed E-state index contributed by atoms with van der Waals surface area (Å²) in [5.74, 6) is -3.79. The number of fused-ring (bicyclic) bond motifs is 3. The number of amides is 5. The summed E-state index contributed by atoms with van der Waals surface area (Å²) in [5.41, 5.74) is -1.01. The van der Waals surface area contributed by atoms with Gasteiger partial charge in [-0.15, -0.1) is 0 Å². The maximum absolute atomic E-state index is 14.3. The zero-order valence-electron chi connectivity index (χ0n) is 34.3. The third-order valence-corrected chi connectivity index (χ3v) is 10.1. The number of alkyl carbamates (subject to hydrolysis) is 1. The van der Waals surface area contributed by atoms with E-state index in [4.69, 9.17) is 17.7 Å². The van der Waals surface area contributed by atoms with E-state index in [2.05, 4.69) is 10.6 Å². The van der Waals surface area contributed by atoms with Crippen molar-refractivity contribution >= 4 is 40.1 Å². The van der Waals surface area contributed by atoms with Crippen LogP contribution in [0.5, 0.6) is 0 Å². The van der Waals surface area contributed by atoms with E-state index in [0.29, 0.717) is 25.7 Å². The molecule has 274 valence electrons. The van der Waals surface area contributed by atoms with Gasteiger partial charge in [0.05, 0.1) is 6.54 Å². The molecular weight excluding hydrogens is 668 g/mol. The monoisotopic (exact) mass is 722 g/mol. The van der Waals surface area contributed by atoms with Crippen LogP contribution in [0.3, 0.4) is 0 Å². The van der Waals surface area contributed by atoms with Gasteiger partial charge < -0.3 is 25.0 Å². The Hall–Kier alpha value is -4.18. The zero-order chi connectivity index (χ0) is 41.4. The lowest BCUT2D eigenvalue weighted by Crippen LogP contribution is -2.58. The minimum absolute atomic E-state index is 0.143. The van der Waals surface area contributed by atoms with Crippen LogP contribution in [0, 0.1) is 5.92 Å². The van der Waals surface area contributed by atoms with Crippen LogP contribution in [0.4, 0.5) is 9.59 Å². The molecule has 3 aliphatic heterocycles. The Labute approximate surface area is 301 Å². The number of ether oxygens (including phenoxy) is 2. The summed E-state index contributed by atoms with van der Waals surface area (Å²) in [6.45, 7) is -2.14. The van der Waals surface area contributed by atoms with Gasteiger partial charge in [0.1, 0.15) is 29.3 Å². The Morgan fingerprint density at radius 3 is 2.44 bits per heavy atom. The zero-order valence-corrected chi connectivity index (χ0v) is 29.1. The van der Waals surface area contributed by atoms with Gasteiger partial charge in [0.2, 0.25) is 11.8 Å². The lowest BCUT2D eigenvalue weighted by Gasteiger charge is -2.30. The van der Waals surface area contributed by atoms with Crippen LogP contribution in [0.1, 0.15) is 85.1 Å². The van der Waals surface area contributed by atoms with E-state index >= 15 is 0 Å². The maximum Gasteiger partial charge on any atom is 0.410 e. The molecule has 0 spiro atoms. The smallest absolute Gasteiger partial charge is 0.410 e. The first-order valence-electron chi connectivity index (χ1n) is 19.6. The van der Waals surface area contributed by atoms with E-state index < -0.39 is 93.6 Å². The SMILES string of the molecule is [2H]C([2H])([2H])N(C([2H])([2H])[2H])S(=O)(=O)NC(=O)[C@@]12C[C@H]1C=CCCCCC[C@H](NC(=O)OC(C)(C)C)C(=O)N1C[C@H](OC(=O)N3Cc4ccccc4C3)C[C@H]1C(=O)N2. The van der Waals surface area contributed by atoms with Crippen molar-refractivity contribution < 1.29 is 50.1 Å². The summed E-state index contributed by atoms with van der Waals surface area (Å²) in [6, 6.07) is 4.92. The highest BCUT2D eigenvalue weighted by molar-refractivity contribution is 7.87. The Kier molecular flexibility index (Phi) is 8.62. The second-order valence-electron chi connectivity index (χ2n) is 14.1. The fourth-order valence-corrected chi connectivity index (χ4v) is 7.06. The molecule has 5 atom stereocenters. The van der Waals surface area contributed by atoms with Gasteiger partial charge in [0.15, 0.2) is 0 Å². The van der Waals surface area contributed by atoms with Crippen LogP contribution in [-0.4, -0.2) is 102 Å². The van der Waals surface area contributed by atoms with Gasteiger partial charge in [-0.05, 0) is 57.6 Å². The van der Waals surface area contributed by atoms with Crippen LogP contribution in [0.2, 0.25) is 0 Å². The second kappa shape index (κ2) is 14.6. The molecule has 1 aromatic rings. The van der Waals surface area contributed by atoms with Gasteiger partial charge in [-0.3, -0.25) is 19.3 Å². The van der Waals surface area contributed by atoms with Crippen LogP contribution >= 0.6 is 0 Å². The van der Waals surface area contributed by atoms with Crippen molar-refractivity contribution in [3.8, 4) is 0 Å². The average molecular weight is 723 g/mol. The number of rotatable bonds is 5. The molecule has 4 aliphatic rings. The van der Waals surface area contributed by atoms with Gasteiger partial charge in [0, 0.05) is 47.6 Å². The number of allylic oxidation sites excluding steroid dienone is 1. The molecule has 50 heavy (non-hydrogen) atoms. The molecule has 5 rings (SSSR count). The van der Waals surface area contributed by atoms with Crippen molar-refractivity contribution in [1.29, 1.82) is 0 Å². The number of carbonyl (C=O) groups is 5. The fourth-order valence-electron chi connectivity index (χ4n) is 6.55. The van der Waals surface area contributed by atoms with Crippen molar-refractivity contribution in [1.82, 2.24) is 29.5 Å². The molecule has 0 aromatic heterocycles. The van der Waals surface area contributed by atoms with Crippen LogP contribution in [0.25, 0.3) is 0 Å². The normalized spacial score (nSPS) is 29.5. The van der Waals surface area contributed by atoms with Gasteiger partial charge in [-0.25, -0.2) is 14.3 Å². The number of hydrogen-bond donors (Lipinski definition) is 3. The van der Waals surface area contributed by atoms with Crippen LogP contribution in [-0.2, 0) is 47.2 Å². The molecule has 5 amide bonds. The van der Waals surface area contributed by atoms with Gasteiger partial charge in [-0.2, -0.15) is 12.7 Å². The number of hydrogen-bond acceptors (Lipinski definition) is 9. The highest BCUT2D eigenvalue weighted by Crippen LogP contribution is 2.45. The van der Waals surface area contributed by atoms with Crippen LogP contribution < -0.4 is 15.4 Å². The molecule has 2 fully saturated rings. The van der Waals surface area contributed by atoms with Crippen molar-refractivity contribution in [2.45, 2.75) is 108 Å². The van der Waals surface area contributed by atoms with Crippen molar-refractivity contribution in [3.05, 3.63) is 47.5 Å². The van der Waals surface area contributed by atoms with E-state index in [9.17, 15) is 32.4 Å². The molecule has 1 aromatic carbocycles. The van der Waals surface area contributed by atoms with Gasteiger partial charge in [-0.1, -0.05) is 49.3 Å². The minimum Gasteiger partial charge on any atom is -0.444 e. The highest BCUT2D eigenvalue weighted by atomic mass is 32.2. The summed E-state index contributed by atoms with van der Waals surface area (Å²) in [5, 5.41) is 5.19. The Bertz CT molecular complexity index is 1810. The summed E-state index contributed by atoms with van der Waals surface area (Å²) in [4.78, 5) is 71.4. The standard InChI is InChI=1S/C34H48N6O9S/c1-33(2,3)49-31(44)35-26-16-10-8-6-7-9-15-24-18-34(24,30(43)37-50(46,47)38(4)5)36-28(41)27-17-25(21-40(27)29(26)42)48-32(45)39-19-22-13-11-12-14-23(22)20-39/h9,11-15,24-27H,6-8,10,16-21H2,1-5H3,(H,35,44)(H,36,41)(H,37,43)/t24-,25-,26+,27+,34-/m1/s1/i4D3,5D3. The average Bonchev–Trinajstić information content (AvgIpc) is 3.35. The minimum atomic E-state index is -5.53. The molecule has 3 heterocycles. The summed E-state index contributed by atoms with van der Waals surface area (Å²) in [6.07, 6.45) is 2.85. The molecular formula is C34H48N6O9S. The molecule has 1 saturated carbocycles. The number of benzene rings is 1. The van der Waals surface area contributed by atoms with Gasteiger partial charge in [0.25, 0.3) is 5.91 Å². The predicted molar refractivity (Wildman–Crippen MR) is 181 cm³/mol. The first kappa shape index (κ1) is 29.5. The number of nitrogens with zero attached hydrogens (tertiary/aromatic N) is 3. The second-order valence-corrected chi connectivity index (χ2v) is 15.6. The highest BCUT2D eigenvalue weighted by Gasteiger charge is 2.62. The topological polar surface area (TPSA) is 184 Å². The first-order valence-corrected chi connectivity index (χ1v) is 18.0. The Balaban J connectivity index is 1.44. The molecule has 3 N–H and O–H groups in total. The van der Waals surface area contributed by atoms with E-state index in [1.807, 2.05) is 24.3 Å². The van der Waals surface area contributed by atoms with E-state index in [-0.39, 0.29) is 38.9 Å². The largest absolute Gasteiger partial charge is 0.444 e. The molecule has 0 unspecified atom stereocenters. The van der Waals surface area contributed by atoms with Crippen molar-refractivity contribution in [3.63, 3.8) is 0 Å². The van der Waals surface area contributed by atoms with Crippen molar-refractivity contribution in [2.24, 2.45) is 5.92 Å². The quantitative estimate of drug-likeness (QED) is 0.384. The molecule has 0 bridgehead atoms. The van der Waals surface area contributed by atoms with E-state index in [1.165, 1.54) is 4.90 Å². The fraction of sp³-hybridized carbons (Fsp3) is 0.618. The van der Waals surface area contributed by atoms with E-state index in [0.717, 1.165) is 16.0 Å². The molecule has 15 nitrogen and oxygen atoms in total. The van der Waals surface area contributed by atoms with E-state index in [1.54, 1.807) is 37.6 Å². The maximum atomic E-state index is 14.3. The molecule has 16 heteroatoms. The third kappa shape index (κ3) is 8.57. The molecule has 0 radical (unpaired) electrons. The summed E-state index contributed by atoms with van der Waals surface area (Å²) >= 11 is 0.